The number of rotatable bonds is 5. The predicted molar refractivity (Wildman–Crippen MR) is 89.8 cm³/mol. The summed E-state index contributed by atoms with van der Waals surface area (Å²) in [6.07, 6.45) is 2.36. The Morgan fingerprint density at radius 2 is 1.77 bits per heavy atom. The Bertz CT molecular complexity index is 739. The van der Waals surface area contributed by atoms with Gasteiger partial charge in [0.25, 0.3) is 10.0 Å². The Balaban J connectivity index is 2.24. The standard InChI is InChI=1S/C16H19ClN2O2S/c1-4-16(2,3)12-5-8-14(9-6-12)22(20,21)19-13-7-10-15(17)18-11-13/h5-11,19H,4H2,1-3H3. The average Bonchev–Trinajstić information content (AvgIpc) is 2.49. The van der Waals surface area contributed by atoms with Crippen LogP contribution in [0.4, 0.5) is 5.69 Å². The third-order valence-electron chi connectivity index (χ3n) is 3.81. The highest BCUT2D eigenvalue weighted by Gasteiger charge is 2.20. The summed E-state index contributed by atoms with van der Waals surface area (Å²) in [7, 11) is -3.63. The van der Waals surface area contributed by atoms with E-state index in [2.05, 4.69) is 30.5 Å². The Morgan fingerprint density at radius 1 is 1.14 bits per heavy atom. The Hall–Kier alpha value is -1.59. The molecule has 0 bridgehead atoms. The van der Waals surface area contributed by atoms with Crippen molar-refractivity contribution < 1.29 is 8.42 Å². The van der Waals surface area contributed by atoms with Crippen molar-refractivity contribution in [1.29, 1.82) is 0 Å². The summed E-state index contributed by atoms with van der Waals surface area (Å²) in [4.78, 5) is 4.07. The number of pyridine rings is 1. The van der Waals surface area contributed by atoms with Gasteiger partial charge in [0.15, 0.2) is 0 Å². The number of nitrogens with zero attached hydrogens (tertiary/aromatic N) is 1. The Labute approximate surface area is 136 Å². The van der Waals surface area contributed by atoms with E-state index in [4.69, 9.17) is 11.6 Å². The minimum atomic E-state index is -3.63. The first-order valence-corrected chi connectivity index (χ1v) is 8.85. The van der Waals surface area contributed by atoms with Crippen molar-refractivity contribution in [3.8, 4) is 0 Å². The highest BCUT2D eigenvalue weighted by molar-refractivity contribution is 7.92. The van der Waals surface area contributed by atoms with Gasteiger partial charge < -0.3 is 0 Å². The molecule has 6 heteroatoms. The molecule has 1 aromatic heterocycles. The topological polar surface area (TPSA) is 59.1 Å². The molecule has 0 radical (unpaired) electrons. The van der Waals surface area contributed by atoms with E-state index in [1.807, 2.05) is 12.1 Å². The molecular weight excluding hydrogens is 320 g/mol. The molecular formula is C16H19ClN2O2S. The van der Waals surface area contributed by atoms with Crippen molar-refractivity contribution in [3.05, 3.63) is 53.3 Å². The first-order valence-electron chi connectivity index (χ1n) is 6.99. The van der Waals surface area contributed by atoms with E-state index >= 15 is 0 Å². The minimum Gasteiger partial charge on any atom is -0.278 e. The second-order valence-electron chi connectivity index (χ2n) is 5.74. The largest absolute Gasteiger partial charge is 0.278 e. The van der Waals surface area contributed by atoms with Crippen LogP contribution in [0.5, 0.6) is 0 Å². The molecule has 0 fully saturated rings. The van der Waals surface area contributed by atoms with Crippen LogP contribution < -0.4 is 4.72 Å². The van der Waals surface area contributed by atoms with Gasteiger partial charge in [0.05, 0.1) is 16.8 Å². The summed E-state index contributed by atoms with van der Waals surface area (Å²) in [5.74, 6) is 0. The summed E-state index contributed by atoms with van der Waals surface area (Å²) >= 11 is 5.69. The number of aromatic nitrogens is 1. The van der Waals surface area contributed by atoms with Crippen LogP contribution >= 0.6 is 11.6 Å². The summed E-state index contributed by atoms with van der Waals surface area (Å²) in [6.45, 7) is 6.38. The number of nitrogens with one attached hydrogen (secondary N) is 1. The fourth-order valence-corrected chi connectivity index (χ4v) is 3.09. The number of benzene rings is 1. The molecule has 0 unspecified atom stereocenters. The van der Waals surface area contributed by atoms with E-state index in [1.165, 1.54) is 12.3 Å². The van der Waals surface area contributed by atoms with Crippen molar-refractivity contribution in [2.75, 3.05) is 4.72 Å². The smallest absolute Gasteiger partial charge is 0.261 e. The van der Waals surface area contributed by atoms with E-state index in [9.17, 15) is 8.42 Å². The molecule has 1 N–H and O–H groups in total. The van der Waals surface area contributed by atoms with Crippen LogP contribution in [0.2, 0.25) is 5.15 Å². The zero-order chi connectivity index (χ0) is 16.4. The molecule has 0 aliphatic carbocycles. The molecule has 4 nitrogen and oxygen atoms in total. The van der Waals surface area contributed by atoms with Crippen LogP contribution in [-0.4, -0.2) is 13.4 Å². The van der Waals surface area contributed by atoms with Gasteiger partial charge in [-0.25, -0.2) is 13.4 Å². The second kappa shape index (κ2) is 6.26. The first kappa shape index (κ1) is 16.8. The fraction of sp³-hybridized carbons (Fsp3) is 0.312. The van der Waals surface area contributed by atoms with Crippen LogP contribution in [0, 0.1) is 0 Å². The third-order valence-corrected chi connectivity index (χ3v) is 5.43. The fourth-order valence-electron chi connectivity index (χ4n) is 1.94. The lowest BCUT2D eigenvalue weighted by Gasteiger charge is -2.23. The molecule has 118 valence electrons. The van der Waals surface area contributed by atoms with E-state index in [0.717, 1.165) is 12.0 Å². The van der Waals surface area contributed by atoms with E-state index < -0.39 is 10.0 Å². The molecule has 0 aliphatic heterocycles. The lowest BCUT2D eigenvalue weighted by molar-refractivity contribution is 0.506. The van der Waals surface area contributed by atoms with Gasteiger partial charge in [-0.2, -0.15) is 0 Å². The average molecular weight is 339 g/mol. The van der Waals surface area contributed by atoms with Crippen molar-refractivity contribution in [3.63, 3.8) is 0 Å². The third kappa shape index (κ3) is 3.78. The number of halogens is 1. The zero-order valence-corrected chi connectivity index (χ0v) is 14.4. The number of sulfonamides is 1. The van der Waals surface area contributed by atoms with Gasteiger partial charge in [0.2, 0.25) is 0 Å². The van der Waals surface area contributed by atoms with Gasteiger partial charge in [-0.1, -0.05) is 44.5 Å². The highest BCUT2D eigenvalue weighted by atomic mass is 35.5. The molecule has 1 aromatic carbocycles. The lowest BCUT2D eigenvalue weighted by Crippen LogP contribution is -2.17. The van der Waals surface area contributed by atoms with Gasteiger partial charge in [-0.05, 0) is 41.7 Å². The maximum Gasteiger partial charge on any atom is 0.261 e. The summed E-state index contributed by atoms with van der Waals surface area (Å²) in [5, 5.41) is 0.314. The number of hydrogen-bond acceptors (Lipinski definition) is 3. The van der Waals surface area contributed by atoms with Crippen molar-refractivity contribution >= 4 is 27.3 Å². The molecule has 0 spiro atoms. The maximum atomic E-state index is 12.3. The Kier molecular flexibility index (Phi) is 4.78. The molecule has 0 saturated carbocycles. The Morgan fingerprint density at radius 3 is 2.27 bits per heavy atom. The molecule has 0 aliphatic rings. The molecule has 1 heterocycles. The summed E-state index contributed by atoms with van der Waals surface area (Å²) < 4.78 is 27.2. The summed E-state index contributed by atoms with van der Waals surface area (Å²) in [5.41, 5.74) is 1.51. The zero-order valence-electron chi connectivity index (χ0n) is 12.8. The molecule has 0 atom stereocenters. The normalized spacial score (nSPS) is 12.2. The van der Waals surface area contributed by atoms with Gasteiger partial charge in [0, 0.05) is 0 Å². The quantitative estimate of drug-likeness (QED) is 0.830. The van der Waals surface area contributed by atoms with E-state index in [1.54, 1.807) is 18.2 Å². The van der Waals surface area contributed by atoms with Gasteiger partial charge in [-0.15, -0.1) is 0 Å². The molecule has 2 aromatic rings. The van der Waals surface area contributed by atoms with Gasteiger partial charge in [-0.3, -0.25) is 4.72 Å². The molecule has 0 saturated heterocycles. The van der Waals surface area contributed by atoms with Crippen LogP contribution in [0.1, 0.15) is 32.8 Å². The van der Waals surface area contributed by atoms with E-state index in [-0.39, 0.29) is 10.3 Å². The van der Waals surface area contributed by atoms with E-state index in [0.29, 0.717) is 10.8 Å². The van der Waals surface area contributed by atoms with Gasteiger partial charge in [0.1, 0.15) is 5.15 Å². The van der Waals surface area contributed by atoms with Crippen molar-refractivity contribution in [2.24, 2.45) is 0 Å². The van der Waals surface area contributed by atoms with Gasteiger partial charge >= 0.3 is 0 Å². The number of anilines is 1. The predicted octanol–water partition coefficient (Wildman–Crippen LogP) is 4.22. The van der Waals surface area contributed by atoms with Crippen LogP contribution in [0.3, 0.4) is 0 Å². The van der Waals surface area contributed by atoms with Crippen molar-refractivity contribution in [2.45, 2.75) is 37.5 Å². The number of hydrogen-bond donors (Lipinski definition) is 1. The van der Waals surface area contributed by atoms with Crippen LogP contribution in [-0.2, 0) is 15.4 Å². The summed E-state index contributed by atoms with van der Waals surface area (Å²) in [6, 6.07) is 10.1. The lowest BCUT2D eigenvalue weighted by atomic mass is 9.82. The molecule has 2 rings (SSSR count). The maximum absolute atomic E-state index is 12.3. The molecule has 0 amide bonds. The highest BCUT2D eigenvalue weighted by Crippen LogP contribution is 2.27. The molecule has 22 heavy (non-hydrogen) atoms. The first-order chi connectivity index (χ1) is 10.2. The monoisotopic (exact) mass is 338 g/mol. The second-order valence-corrected chi connectivity index (χ2v) is 7.81. The minimum absolute atomic E-state index is 0.0236. The van der Waals surface area contributed by atoms with Crippen molar-refractivity contribution in [1.82, 2.24) is 4.98 Å². The SMILES string of the molecule is CCC(C)(C)c1ccc(S(=O)(=O)Nc2ccc(Cl)nc2)cc1. The van der Waals surface area contributed by atoms with Crippen LogP contribution in [0.15, 0.2) is 47.5 Å². The van der Waals surface area contributed by atoms with Crippen LogP contribution in [0.25, 0.3) is 0 Å².